The van der Waals surface area contributed by atoms with Gasteiger partial charge in [0, 0.05) is 17.3 Å². The van der Waals surface area contributed by atoms with Crippen LogP contribution in [0.5, 0.6) is 17.2 Å². The van der Waals surface area contributed by atoms with Crippen LogP contribution in [0.3, 0.4) is 0 Å². The molecule has 0 radical (unpaired) electrons. The van der Waals surface area contributed by atoms with E-state index in [1.165, 1.54) is 0 Å². The van der Waals surface area contributed by atoms with Crippen molar-refractivity contribution in [2.24, 2.45) is 0 Å². The number of nitriles is 1. The highest BCUT2D eigenvalue weighted by atomic mass is 16.7. The summed E-state index contributed by atoms with van der Waals surface area (Å²) in [6, 6.07) is 21.0. The molecule has 0 fully saturated rings. The zero-order chi connectivity index (χ0) is 20.3. The molecule has 146 valence electrons. The normalized spacial score (nSPS) is 20.1. The molecule has 1 atom stereocenters. The van der Waals surface area contributed by atoms with Crippen LogP contribution in [0, 0.1) is 11.3 Å². The highest BCUT2D eigenvalue weighted by Crippen LogP contribution is 2.55. The average molecular weight is 396 g/mol. The van der Waals surface area contributed by atoms with Gasteiger partial charge < -0.3 is 19.1 Å². The van der Waals surface area contributed by atoms with Crippen molar-refractivity contribution in [1.82, 2.24) is 0 Å². The summed E-state index contributed by atoms with van der Waals surface area (Å²) in [6.45, 7) is 0.778. The van der Waals surface area contributed by atoms with Gasteiger partial charge in [0.1, 0.15) is 17.8 Å². The molecule has 3 heterocycles. The molecule has 3 aromatic carbocycles. The van der Waals surface area contributed by atoms with E-state index in [1.807, 2.05) is 48.5 Å². The van der Waals surface area contributed by atoms with E-state index in [1.54, 1.807) is 17.0 Å². The molecular formula is C24H16N2O4. The Morgan fingerprint density at radius 1 is 0.933 bits per heavy atom. The first kappa shape index (κ1) is 16.9. The highest BCUT2D eigenvalue weighted by molar-refractivity contribution is 6.11. The largest absolute Gasteiger partial charge is 0.491 e. The number of hydrogen-bond acceptors (Lipinski definition) is 5. The van der Waals surface area contributed by atoms with Crippen LogP contribution in [-0.4, -0.2) is 19.3 Å². The summed E-state index contributed by atoms with van der Waals surface area (Å²) in [5, 5.41) is 9.22. The molecular weight excluding hydrogens is 380 g/mol. The SMILES string of the molecule is N#Cc1cccc(CN2C(=O)C3(COc4cc5c(cc43)OCO5)c3ccccc32)c1. The van der Waals surface area contributed by atoms with E-state index in [0.29, 0.717) is 29.4 Å². The second-order valence-electron chi connectivity index (χ2n) is 7.62. The fourth-order valence-electron chi connectivity index (χ4n) is 4.64. The van der Waals surface area contributed by atoms with Gasteiger partial charge >= 0.3 is 0 Å². The van der Waals surface area contributed by atoms with Gasteiger partial charge in [-0.2, -0.15) is 5.26 Å². The molecule has 6 nitrogen and oxygen atoms in total. The molecule has 3 aliphatic heterocycles. The van der Waals surface area contributed by atoms with Crippen molar-refractivity contribution in [3.63, 3.8) is 0 Å². The Balaban J connectivity index is 1.49. The van der Waals surface area contributed by atoms with Gasteiger partial charge in [-0.25, -0.2) is 0 Å². The van der Waals surface area contributed by atoms with Crippen molar-refractivity contribution in [2.45, 2.75) is 12.0 Å². The predicted molar refractivity (Wildman–Crippen MR) is 108 cm³/mol. The van der Waals surface area contributed by atoms with Crippen molar-refractivity contribution < 1.29 is 19.0 Å². The monoisotopic (exact) mass is 396 g/mol. The lowest BCUT2D eigenvalue weighted by Gasteiger charge is -2.23. The Morgan fingerprint density at radius 2 is 1.77 bits per heavy atom. The summed E-state index contributed by atoms with van der Waals surface area (Å²) in [7, 11) is 0. The second-order valence-corrected chi connectivity index (χ2v) is 7.62. The quantitative estimate of drug-likeness (QED) is 0.663. The summed E-state index contributed by atoms with van der Waals surface area (Å²) < 4.78 is 17.0. The highest BCUT2D eigenvalue weighted by Gasteiger charge is 2.57. The number of nitrogens with zero attached hydrogens (tertiary/aromatic N) is 2. The van der Waals surface area contributed by atoms with Gasteiger partial charge in [-0.15, -0.1) is 0 Å². The number of fused-ring (bicyclic) bond motifs is 5. The number of para-hydroxylation sites is 1. The van der Waals surface area contributed by atoms with E-state index >= 15 is 0 Å². The van der Waals surface area contributed by atoms with Crippen LogP contribution in [0.15, 0.2) is 60.7 Å². The first-order valence-electron chi connectivity index (χ1n) is 9.68. The zero-order valence-corrected chi connectivity index (χ0v) is 15.9. The third kappa shape index (κ3) is 2.15. The molecule has 0 aliphatic carbocycles. The topological polar surface area (TPSA) is 71.8 Å². The van der Waals surface area contributed by atoms with Crippen LogP contribution >= 0.6 is 0 Å². The van der Waals surface area contributed by atoms with Crippen LogP contribution in [0.25, 0.3) is 0 Å². The summed E-state index contributed by atoms with van der Waals surface area (Å²) in [5.41, 5.74) is 3.14. The minimum atomic E-state index is -0.917. The lowest BCUT2D eigenvalue weighted by atomic mass is 9.77. The number of anilines is 1. The fourth-order valence-corrected chi connectivity index (χ4v) is 4.64. The maximum atomic E-state index is 13.9. The van der Waals surface area contributed by atoms with Crippen molar-refractivity contribution in [3.8, 4) is 23.3 Å². The maximum absolute atomic E-state index is 13.9. The molecule has 0 N–H and O–H groups in total. The minimum absolute atomic E-state index is 0.0383. The molecule has 3 aromatic rings. The van der Waals surface area contributed by atoms with Crippen molar-refractivity contribution in [1.29, 1.82) is 5.26 Å². The minimum Gasteiger partial charge on any atom is -0.491 e. The Kier molecular flexibility index (Phi) is 3.39. The Morgan fingerprint density at radius 3 is 2.63 bits per heavy atom. The van der Waals surface area contributed by atoms with Gasteiger partial charge in [-0.3, -0.25) is 4.79 Å². The second kappa shape index (κ2) is 6.01. The van der Waals surface area contributed by atoms with Gasteiger partial charge in [0.15, 0.2) is 11.5 Å². The van der Waals surface area contributed by atoms with E-state index in [-0.39, 0.29) is 19.3 Å². The third-order valence-corrected chi connectivity index (χ3v) is 6.04. The number of ether oxygens (including phenoxy) is 3. The van der Waals surface area contributed by atoms with Gasteiger partial charge in [0.2, 0.25) is 12.7 Å². The van der Waals surface area contributed by atoms with Crippen LogP contribution in [-0.2, 0) is 16.8 Å². The molecule has 0 saturated carbocycles. The molecule has 0 saturated heterocycles. The molecule has 1 unspecified atom stereocenters. The van der Waals surface area contributed by atoms with Gasteiger partial charge in [0.05, 0.1) is 18.2 Å². The first-order chi connectivity index (χ1) is 14.7. The van der Waals surface area contributed by atoms with E-state index in [4.69, 9.17) is 14.2 Å². The molecule has 0 aromatic heterocycles. The van der Waals surface area contributed by atoms with E-state index in [2.05, 4.69) is 6.07 Å². The number of benzene rings is 3. The van der Waals surface area contributed by atoms with E-state index < -0.39 is 5.41 Å². The average Bonchev–Trinajstić information content (AvgIpc) is 3.45. The molecule has 1 spiro atoms. The number of amides is 1. The Hall–Kier alpha value is -3.98. The molecule has 3 aliphatic rings. The van der Waals surface area contributed by atoms with E-state index in [0.717, 1.165) is 22.4 Å². The van der Waals surface area contributed by atoms with Crippen LogP contribution < -0.4 is 19.1 Å². The van der Waals surface area contributed by atoms with Crippen LogP contribution in [0.4, 0.5) is 5.69 Å². The van der Waals surface area contributed by atoms with Crippen molar-refractivity contribution in [3.05, 3.63) is 82.9 Å². The Labute approximate surface area is 172 Å². The molecule has 6 rings (SSSR count). The standard InChI is InChI=1S/C24H16N2O4/c25-11-15-4-3-5-16(8-15)12-26-19-7-2-1-6-17(19)24(23(26)27)13-28-20-10-22-21(9-18(20)24)29-14-30-22/h1-10H,12-14H2. The lowest BCUT2D eigenvalue weighted by Crippen LogP contribution is -2.42. The first-order valence-corrected chi connectivity index (χ1v) is 9.68. The molecule has 30 heavy (non-hydrogen) atoms. The number of carbonyl (C=O) groups excluding carboxylic acids is 1. The summed E-state index contributed by atoms with van der Waals surface area (Å²) in [4.78, 5) is 15.7. The zero-order valence-electron chi connectivity index (χ0n) is 15.9. The molecule has 0 bridgehead atoms. The fraction of sp³-hybridized carbons (Fsp3) is 0.167. The van der Waals surface area contributed by atoms with Crippen LogP contribution in [0.1, 0.15) is 22.3 Å². The summed E-state index contributed by atoms with van der Waals surface area (Å²) in [6.07, 6.45) is 0. The lowest BCUT2D eigenvalue weighted by molar-refractivity contribution is -0.122. The van der Waals surface area contributed by atoms with E-state index in [9.17, 15) is 10.1 Å². The van der Waals surface area contributed by atoms with Gasteiger partial charge in [-0.1, -0.05) is 30.3 Å². The van der Waals surface area contributed by atoms with Gasteiger partial charge in [0.25, 0.3) is 0 Å². The van der Waals surface area contributed by atoms with Crippen molar-refractivity contribution in [2.75, 3.05) is 18.3 Å². The maximum Gasteiger partial charge on any atom is 0.246 e. The molecule has 1 amide bonds. The number of carbonyl (C=O) groups is 1. The van der Waals surface area contributed by atoms with Crippen LogP contribution in [0.2, 0.25) is 0 Å². The number of hydrogen-bond donors (Lipinski definition) is 0. The Bertz CT molecular complexity index is 1260. The smallest absolute Gasteiger partial charge is 0.246 e. The molecule has 6 heteroatoms. The summed E-state index contributed by atoms with van der Waals surface area (Å²) in [5.74, 6) is 1.87. The summed E-state index contributed by atoms with van der Waals surface area (Å²) >= 11 is 0. The van der Waals surface area contributed by atoms with Crippen molar-refractivity contribution >= 4 is 11.6 Å². The number of rotatable bonds is 2. The predicted octanol–water partition coefficient (Wildman–Crippen LogP) is 3.51. The third-order valence-electron chi connectivity index (χ3n) is 6.04. The van der Waals surface area contributed by atoms with Gasteiger partial charge in [-0.05, 0) is 35.4 Å².